The smallest absolute Gasteiger partial charge is 0.191 e. The van der Waals surface area contributed by atoms with E-state index in [1.54, 1.807) is 0 Å². The summed E-state index contributed by atoms with van der Waals surface area (Å²) in [6.45, 7) is 18.4. The highest BCUT2D eigenvalue weighted by Crippen LogP contribution is 2.13. The molecule has 0 bridgehead atoms. The monoisotopic (exact) mass is 367 g/mol. The molecule has 2 atom stereocenters. The van der Waals surface area contributed by atoms with Gasteiger partial charge in [0.15, 0.2) is 5.96 Å². The zero-order valence-corrected chi connectivity index (χ0v) is 17.6. The normalized spacial score (nSPS) is 27.1. The lowest BCUT2D eigenvalue weighted by Gasteiger charge is -2.35. The predicted octanol–water partition coefficient (Wildman–Crippen LogP) is 1.91. The summed E-state index contributed by atoms with van der Waals surface area (Å²) in [4.78, 5) is 9.88. The molecule has 0 aromatic rings. The van der Waals surface area contributed by atoms with Crippen LogP contribution in [0, 0.1) is 0 Å². The Bertz CT molecular complexity index is 410. The lowest BCUT2D eigenvalue weighted by Crippen LogP contribution is -2.50. The quantitative estimate of drug-likeness (QED) is 0.409. The minimum atomic E-state index is 0.345. The first kappa shape index (κ1) is 21.5. The first-order chi connectivity index (χ1) is 12.5. The molecule has 0 radical (unpaired) electrons. The first-order valence-electron chi connectivity index (χ1n) is 10.6. The van der Waals surface area contributed by atoms with E-state index >= 15 is 0 Å². The Morgan fingerprint density at radius 3 is 2.38 bits per heavy atom. The van der Waals surface area contributed by atoms with Crippen molar-refractivity contribution in [3.63, 3.8) is 0 Å². The highest BCUT2D eigenvalue weighted by Gasteiger charge is 2.22. The number of guanidine groups is 1. The SMILES string of the molecule is CCNC(=NCCCN1CC(C)OC(C)C1)NC1CCN(C(C)C)CC1. The minimum Gasteiger partial charge on any atom is -0.373 e. The fourth-order valence-electron chi connectivity index (χ4n) is 4.03. The van der Waals surface area contributed by atoms with Crippen LogP contribution in [-0.2, 0) is 4.74 Å². The molecule has 0 amide bonds. The first-order valence-corrected chi connectivity index (χ1v) is 10.6. The molecule has 6 nitrogen and oxygen atoms in total. The fourth-order valence-corrected chi connectivity index (χ4v) is 4.03. The number of likely N-dealkylation sites (tertiary alicyclic amines) is 1. The molecule has 2 heterocycles. The number of piperidine rings is 1. The lowest BCUT2D eigenvalue weighted by atomic mass is 10.0. The van der Waals surface area contributed by atoms with Crippen molar-refractivity contribution in [3.05, 3.63) is 0 Å². The third-order valence-electron chi connectivity index (χ3n) is 5.34. The van der Waals surface area contributed by atoms with E-state index in [0.717, 1.165) is 45.1 Å². The van der Waals surface area contributed by atoms with E-state index in [1.165, 1.54) is 25.9 Å². The van der Waals surface area contributed by atoms with Crippen LogP contribution in [0.5, 0.6) is 0 Å². The average Bonchev–Trinajstić information content (AvgIpc) is 2.58. The van der Waals surface area contributed by atoms with Gasteiger partial charge in [-0.1, -0.05) is 0 Å². The molecule has 152 valence electrons. The molecule has 0 saturated carbocycles. The molecular formula is C20H41N5O. The van der Waals surface area contributed by atoms with E-state index in [9.17, 15) is 0 Å². The van der Waals surface area contributed by atoms with Crippen LogP contribution >= 0.6 is 0 Å². The molecular weight excluding hydrogens is 326 g/mol. The summed E-state index contributed by atoms with van der Waals surface area (Å²) in [6, 6.07) is 1.20. The Hall–Kier alpha value is -0.850. The Kier molecular flexibility index (Phi) is 9.16. The zero-order valence-electron chi connectivity index (χ0n) is 17.6. The maximum Gasteiger partial charge on any atom is 0.191 e. The summed E-state index contributed by atoms with van der Waals surface area (Å²) in [6.07, 6.45) is 4.19. The summed E-state index contributed by atoms with van der Waals surface area (Å²) in [5.41, 5.74) is 0. The topological polar surface area (TPSA) is 52.1 Å². The summed E-state index contributed by atoms with van der Waals surface area (Å²) < 4.78 is 5.81. The summed E-state index contributed by atoms with van der Waals surface area (Å²) in [5.74, 6) is 0.985. The number of hydrogen-bond donors (Lipinski definition) is 2. The number of morpholine rings is 1. The fraction of sp³-hybridized carbons (Fsp3) is 0.950. The number of nitrogens with zero attached hydrogens (tertiary/aromatic N) is 3. The van der Waals surface area contributed by atoms with Gasteiger partial charge in [-0.2, -0.15) is 0 Å². The Morgan fingerprint density at radius 1 is 1.15 bits per heavy atom. The van der Waals surface area contributed by atoms with Crippen LogP contribution < -0.4 is 10.6 Å². The van der Waals surface area contributed by atoms with Crippen molar-refractivity contribution in [1.82, 2.24) is 20.4 Å². The molecule has 0 spiro atoms. The molecule has 26 heavy (non-hydrogen) atoms. The van der Waals surface area contributed by atoms with Crippen LogP contribution in [0.3, 0.4) is 0 Å². The maximum absolute atomic E-state index is 5.81. The van der Waals surface area contributed by atoms with Crippen LogP contribution in [0.4, 0.5) is 0 Å². The van der Waals surface area contributed by atoms with Crippen molar-refractivity contribution in [2.24, 2.45) is 4.99 Å². The highest BCUT2D eigenvalue weighted by molar-refractivity contribution is 5.80. The van der Waals surface area contributed by atoms with Gasteiger partial charge in [0.25, 0.3) is 0 Å². The van der Waals surface area contributed by atoms with Gasteiger partial charge < -0.3 is 20.3 Å². The summed E-state index contributed by atoms with van der Waals surface area (Å²) in [7, 11) is 0. The van der Waals surface area contributed by atoms with Gasteiger partial charge in [0.05, 0.1) is 12.2 Å². The molecule has 2 fully saturated rings. The molecule has 6 heteroatoms. The van der Waals surface area contributed by atoms with Gasteiger partial charge in [-0.3, -0.25) is 9.89 Å². The third-order valence-corrected chi connectivity index (χ3v) is 5.34. The number of ether oxygens (including phenoxy) is 1. The van der Waals surface area contributed by atoms with Crippen molar-refractivity contribution in [3.8, 4) is 0 Å². The van der Waals surface area contributed by atoms with Crippen LogP contribution in [-0.4, -0.2) is 85.9 Å². The summed E-state index contributed by atoms with van der Waals surface area (Å²) >= 11 is 0. The second-order valence-electron chi connectivity index (χ2n) is 8.18. The van der Waals surface area contributed by atoms with Gasteiger partial charge in [0, 0.05) is 57.9 Å². The standard InChI is InChI=1S/C20H41N5O/c1-6-21-20(23-19-8-12-25(13-9-19)16(2)3)22-10-7-11-24-14-17(4)26-18(5)15-24/h16-19H,6-15H2,1-5H3,(H2,21,22,23). The average molecular weight is 368 g/mol. The van der Waals surface area contributed by atoms with Gasteiger partial charge in [0.1, 0.15) is 0 Å². The second-order valence-corrected chi connectivity index (χ2v) is 8.18. The number of aliphatic imine (C=N–C) groups is 1. The molecule has 0 aromatic carbocycles. The lowest BCUT2D eigenvalue weighted by molar-refractivity contribution is -0.0679. The minimum absolute atomic E-state index is 0.345. The van der Waals surface area contributed by atoms with Crippen molar-refractivity contribution >= 4 is 5.96 Å². The number of rotatable bonds is 7. The van der Waals surface area contributed by atoms with Gasteiger partial charge in [-0.25, -0.2) is 0 Å². The maximum atomic E-state index is 5.81. The molecule has 2 aliphatic heterocycles. The van der Waals surface area contributed by atoms with Crippen molar-refractivity contribution in [2.45, 2.75) is 78.2 Å². The second kappa shape index (κ2) is 11.1. The highest BCUT2D eigenvalue weighted by atomic mass is 16.5. The Morgan fingerprint density at radius 2 is 1.81 bits per heavy atom. The van der Waals surface area contributed by atoms with Gasteiger partial charge in [0.2, 0.25) is 0 Å². The van der Waals surface area contributed by atoms with Gasteiger partial charge >= 0.3 is 0 Å². The molecule has 2 saturated heterocycles. The van der Waals surface area contributed by atoms with Gasteiger partial charge in [-0.05, 0) is 53.9 Å². The molecule has 2 aliphatic rings. The van der Waals surface area contributed by atoms with Crippen molar-refractivity contribution < 1.29 is 4.74 Å². The molecule has 2 rings (SSSR count). The van der Waals surface area contributed by atoms with E-state index in [-0.39, 0.29) is 0 Å². The van der Waals surface area contributed by atoms with Crippen LogP contribution in [0.25, 0.3) is 0 Å². The Balaban J connectivity index is 1.71. The van der Waals surface area contributed by atoms with Gasteiger partial charge in [-0.15, -0.1) is 0 Å². The number of nitrogens with one attached hydrogen (secondary N) is 2. The van der Waals surface area contributed by atoms with Crippen LogP contribution in [0.2, 0.25) is 0 Å². The predicted molar refractivity (Wildman–Crippen MR) is 110 cm³/mol. The third kappa shape index (κ3) is 7.41. The van der Waals surface area contributed by atoms with E-state index < -0.39 is 0 Å². The van der Waals surface area contributed by atoms with Crippen molar-refractivity contribution in [1.29, 1.82) is 0 Å². The molecule has 2 N–H and O–H groups in total. The zero-order chi connectivity index (χ0) is 18.9. The van der Waals surface area contributed by atoms with E-state index in [0.29, 0.717) is 24.3 Å². The summed E-state index contributed by atoms with van der Waals surface area (Å²) in [5, 5.41) is 7.06. The van der Waals surface area contributed by atoms with Crippen molar-refractivity contribution in [2.75, 3.05) is 45.8 Å². The van der Waals surface area contributed by atoms with E-state index in [4.69, 9.17) is 9.73 Å². The molecule has 0 aromatic heterocycles. The molecule has 0 aliphatic carbocycles. The van der Waals surface area contributed by atoms with E-state index in [2.05, 4.69) is 55.1 Å². The molecule has 2 unspecified atom stereocenters. The number of hydrogen-bond acceptors (Lipinski definition) is 4. The van der Waals surface area contributed by atoms with E-state index in [1.807, 2.05) is 0 Å². The van der Waals surface area contributed by atoms with Crippen LogP contribution in [0.15, 0.2) is 4.99 Å². The largest absolute Gasteiger partial charge is 0.373 e. The Labute approximate surface area is 160 Å². The van der Waals surface area contributed by atoms with Crippen LogP contribution in [0.1, 0.15) is 53.9 Å².